The number of hydrogen-bond donors (Lipinski definition) is 4. The maximum Gasteiger partial charge on any atom is 0.322 e. The van der Waals surface area contributed by atoms with E-state index in [-0.39, 0.29) is 18.1 Å². The van der Waals surface area contributed by atoms with Crippen molar-refractivity contribution in [3.05, 3.63) is 65.2 Å². The van der Waals surface area contributed by atoms with Crippen LogP contribution >= 0.6 is 0 Å². The van der Waals surface area contributed by atoms with Crippen molar-refractivity contribution in [2.24, 2.45) is 0 Å². The molecule has 1 aliphatic heterocycles. The number of carboxylic acid groups (broad SMARTS) is 1. The van der Waals surface area contributed by atoms with E-state index in [0.717, 1.165) is 25.9 Å². The van der Waals surface area contributed by atoms with Gasteiger partial charge in [0, 0.05) is 11.3 Å². The predicted molar refractivity (Wildman–Crippen MR) is 133 cm³/mol. The summed E-state index contributed by atoms with van der Waals surface area (Å²) in [5.41, 5.74) is 3.04. The molecule has 0 aromatic heterocycles. The van der Waals surface area contributed by atoms with E-state index in [1.807, 2.05) is 31.2 Å². The van der Waals surface area contributed by atoms with Gasteiger partial charge in [-0.05, 0) is 80.1 Å². The standard InChI is InChI=1S/C25H33N3O5S/c1-2-3-16-34(32,33)28-23(25(30)31)17-18-4-10-22(11-5-18)27-24(29)21-8-6-19(7-9-21)20-12-14-26-15-13-20/h4-11,20,23,26,28H,2-3,12-17H2,1H3,(H,27,29)(H,30,31). The minimum absolute atomic E-state index is 0.00701. The lowest BCUT2D eigenvalue weighted by molar-refractivity contribution is -0.138. The molecule has 2 aromatic rings. The molecule has 0 spiro atoms. The summed E-state index contributed by atoms with van der Waals surface area (Å²) in [6, 6.07) is 13.2. The molecule has 184 valence electrons. The molecule has 9 heteroatoms. The number of carbonyl (C=O) groups is 2. The van der Waals surface area contributed by atoms with E-state index < -0.39 is 22.0 Å². The van der Waals surface area contributed by atoms with Crippen LogP contribution < -0.4 is 15.4 Å². The van der Waals surface area contributed by atoms with E-state index >= 15 is 0 Å². The molecular formula is C25H33N3O5S. The Morgan fingerprint density at radius 3 is 2.29 bits per heavy atom. The van der Waals surface area contributed by atoms with Gasteiger partial charge in [0.2, 0.25) is 10.0 Å². The van der Waals surface area contributed by atoms with Gasteiger partial charge in [0.25, 0.3) is 5.91 Å². The summed E-state index contributed by atoms with van der Waals surface area (Å²) < 4.78 is 26.5. The number of aliphatic carboxylic acids is 1. The number of anilines is 1. The highest BCUT2D eigenvalue weighted by atomic mass is 32.2. The van der Waals surface area contributed by atoms with Crippen molar-refractivity contribution in [2.45, 2.75) is 51.0 Å². The number of rotatable bonds is 11. The number of hydrogen-bond acceptors (Lipinski definition) is 5. The normalized spacial score (nSPS) is 15.6. The van der Waals surface area contributed by atoms with Gasteiger partial charge in [-0.25, -0.2) is 13.1 Å². The molecule has 1 fully saturated rings. The Morgan fingerprint density at radius 1 is 1.06 bits per heavy atom. The van der Waals surface area contributed by atoms with Crippen molar-refractivity contribution in [1.82, 2.24) is 10.0 Å². The summed E-state index contributed by atoms with van der Waals surface area (Å²) in [4.78, 5) is 24.2. The number of sulfonamides is 1. The van der Waals surface area contributed by atoms with Crippen molar-refractivity contribution >= 4 is 27.6 Å². The number of carboxylic acids is 1. The van der Waals surface area contributed by atoms with Gasteiger partial charge in [0.1, 0.15) is 6.04 Å². The van der Waals surface area contributed by atoms with E-state index in [2.05, 4.69) is 15.4 Å². The second-order valence-corrected chi connectivity index (χ2v) is 10.6. The monoisotopic (exact) mass is 487 g/mol. The van der Waals surface area contributed by atoms with Crippen molar-refractivity contribution in [3.8, 4) is 0 Å². The second kappa shape index (κ2) is 12.1. The lowest BCUT2D eigenvalue weighted by Crippen LogP contribution is -2.43. The lowest BCUT2D eigenvalue weighted by Gasteiger charge is -2.23. The summed E-state index contributed by atoms with van der Waals surface area (Å²) in [6.07, 6.45) is 3.37. The highest BCUT2D eigenvalue weighted by molar-refractivity contribution is 7.89. The number of amides is 1. The molecule has 2 aromatic carbocycles. The Labute approximate surface area is 201 Å². The third-order valence-electron chi connectivity index (χ3n) is 6.02. The molecule has 1 atom stereocenters. The van der Waals surface area contributed by atoms with Crippen LogP contribution in [0, 0.1) is 0 Å². The Morgan fingerprint density at radius 2 is 1.71 bits per heavy atom. The van der Waals surface area contributed by atoms with Gasteiger partial charge < -0.3 is 15.7 Å². The van der Waals surface area contributed by atoms with Crippen LogP contribution in [0.25, 0.3) is 0 Å². The molecule has 1 unspecified atom stereocenters. The molecule has 1 saturated heterocycles. The SMILES string of the molecule is CCCCS(=O)(=O)NC(Cc1ccc(NC(=O)c2ccc(C3CCNCC3)cc2)cc1)C(=O)O. The van der Waals surface area contributed by atoms with E-state index in [1.54, 1.807) is 24.3 Å². The maximum atomic E-state index is 12.6. The maximum absolute atomic E-state index is 12.6. The lowest BCUT2D eigenvalue weighted by atomic mass is 9.90. The zero-order valence-corrected chi connectivity index (χ0v) is 20.2. The number of nitrogens with one attached hydrogen (secondary N) is 3. The van der Waals surface area contributed by atoms with Gasteiger partial charge in [-0.2, -0.15) is 0 Å². The smallest absolute Gasteiger partial charge is 0.322 e. The van der Waals surface area contributed by atoms with E-state index in [0.29, 0.717) is 35.6 Å². The van der Waals surface area contributed by atoms with Gasteiger partial charge in [0.15, 0.2) is 0 Å². The second-order valence-electron chi connectivity index (χ2n) is 8.68. The van der Waals surface area contributed by atoms with Gasteiger partial charge in [0.05, 0.1) is 5.75 Å². The van der Waals surface area contributed by atoms with Crippen LogP contribution in [0.3, 0.4) is 0 Å². The molecule has 8 nitrogen and oxygen atoms in total. The molecule has 4 N–H and O–H groups in total. The Kier molecular flexibility index (Phi) is 9.20. The average Bonchev–Trinajstić information content (AvgIpc) is 2.84. The van der Waals surface area contributed by atoms with Gasteiger partial charge in [-0.3, -0.25) is 9.59 Å². The highest BCUT2D eigenvalue weighted by Gasteiger charge is 2.24. The van der Waals surface area contributed by atoms with Crippen molar-refractivity contribution in [2.75, 3.05) is 24.2 Å². The van der Waals surface area contributed by atoms with E-state index in [9.17, 15) is 23.1 Å². The van der Waals surface area contributed by atoms with Crippen LogP contribution in [0.1, 0.15) is 60.0 Å². The summed E-state index contributed by atoms with van der Waals surface area (Å²) in [7, 11) is -3.66. The highest BCUT2D eigenvalue weighted by Crippen LogP contribution is 2.25. The summed E-state index contributed by atoms with van der Waals surface area (Å²) in [5, 5.41) is 15.6. The zero-order chi connectivity index (χ0) is 24.6. The predicted octanol–water partition coefficient (Wildman–Crippen LogP) is 3.12. The summed E-state index contributed by atoms with van der Waals surface area (Å²) in [6.45, 7) is 3.90. The fourth-order valence-electron chi connectivity index (χ4n) is 4.01. The van der Waals surface area contributed by atoms with Gasteiger partial charge >= 0.3 is 5.97 Å². The Balaban J connectivity index is 1.58. The fourth-order valence-corrected chi connectivity index (χ4v) is 5.42. The molecule has 3 rings (SSSR count). The third-order valence-corrected chi connectivity index (χ3v) is 7.49. The largest absolute Gasteiger partial charge is 0.480 e. The molecule has 0 aliphatic carbocycles. The van der Waals surface area contributed by atoms with Gasteiger partial charge in [-0.15, -0.1) is 0 Å². The molecule has 34 heavy (non-hydrogen) atoms. The number of piperidine rings is 1. The van der Waals surface area contributed by atoms with Crippen molar-refractivity contribution in [1.29, 1.82) is 0 Å². The first-order chi connectivity index (χ1) is 16.3. The molecule has 1 amide bonds. The average molecular weight is 488 g/mol. The topological polar surface area (TPSA) is 125 Å². The Hall–Kier alpha value is -2.75. The van der Waals surface area contributed by atoms with Crippen LogP contribution in [0.2, 0.25) is 0 Å². The molecular weight excluding hydrogens is 454 g/mol. The first-order valence-corrected chi connectivity index (χ1v) is 13.4. The molecule has 1 heterocycles. The first-order valence-electron chi connectivity index (χ1n) is 11.7. The number of benzene rings is 2. The first kappa shape index (κ1) is 25.9. The fraction of sp³-hybridized carbons (Fsp3) is 0.440. The van der Waals surface area contributed by atoms with Crippen molar-refractivity contribution in [3.63, 3.8) is 0 Å². The summed E-state index contributed by atoms with van der Waals surface area (Å²) >= 11 is 0. The molecule has 1 aliphatic rings. The van der Waals surface area contributed by atoms with Crippen LogP contribution in [-0.2, 0) is 21.2 Å². The minimum Gasteiger partial charge on any atom is -0.480 e. The van der Waals surface area contributed by atoms with Crippen LogP contribution in [0.5, 0.6) is 0 Å². The minimum atomic E-state index is -3.66. The Bertz CT molecular complexity index is 1060. The number of unbranched alkanes of at least 4 members (excludes halogenated alkanes) is 1. The van der Waals surface area contributed by atoms with Crippen LogP contribution in [-0.4, -0.2) is 50.3 Å². The molecule has 0 bridgehead atoms. The van der Waals surface area contributed by atoms with E-state index in [1.165, 1.54) is 5.56 Å². The summed E-state index contributed by atoms with van der Waals surface area (Å²) in [5.74, 6) is -1.03. The molecule has 0 radical (unpaired) electrons. The number of carbonyl (C=O) groups excluding carboxylic acids is 1. The quantitative estimate of drug-likeness (QED) is 0.386. The van der Waals surface area contributed by atoms with Crippen molar-refractivity contribution < 1.29 is 23.1 Å². The van der Waals surface area contributed by atoms with E-state index in [4.69, 9.17) is 0 Å². The van der Waals surface area contributed by atoms with Crippen LogP contribution in [0.15, 0.2) is 48.5 Å². The zero-order valence-electron chi connectivity index (χ0n) is 19.4. The third kappa shape index (κ3) is 7.65. The van der Waals surface area contributed by atoms with Gasteiger partial charge in [-0.1, -0.05) is 37.6 Å². The molecule has 0 saturated carbocycles. The van der Waals surface area contributed by atoms with Crippen LogP contribution in [0.4, 0.5) is 5.69 Å².